The monoisotopic (exact) mass is 474 g/mol. The number of aliphatic imine (C=N–C) groups is 1. The first kappa shape index (κ1) is 23.1. The average molecular weight is 475 g/mol. The summed E-state index contributed by atoms with van der Waals surface area (Å²) < 4.78 is 10.5. The van der Waals surface area contributed by atoms with Gasteiger partial charge in [0.2, 0.25) is 0 Å². The van der Waals surface area contributed by atoms with Crippen molar-refractivity contribution in [2.75, 3.05) is 14.2 Å². The van der Waals surface area contributed by atoms with Crippen molar-refractivity contribution in [1.82, 2.24) is 4.90 Å². The summed E-state index contributed by atoms with van der Waals surface area (Å²) in [5, 5.41) is 9.68. The zero-order chi connectivity index (χ0) is 24.1. The van der Waals surface area contributed by atoms with Gasteiger partial charge in [0.05, 0.1) is 36.9 Å². The molecule has 1 heterocycles. The summed E-state index contributed by atoms with van der Waals surface area (Å²) in [6, 6.07) is 21.2. The van der Waals surface area contributed by atoms with Gasteiger partial charge in [-0.3, -0.25) is 9.69 Å². The van der Waals surface area contributed by atoms with Crippen molar-refractivity contribution in [2.24, 2.45) is 4.99 Å². The van der Waals surface area contributed by atoms with Crippen LogP contribution in [0.1, 0.15) is 21.5 Å². The van der Waals surface area contributed by atoms with Crippen molar-refractivity contribution in [1.29, 1.82) is 0 Å². The first-order valence-corrected chi connectivity index (χ1v) is 11.2. The van der Waals surface area contributed by atoms with Crippen molar-refractivity contribution < 1.29 is 24.2 Å². The van der Waals surface area contributed by atoms with Crippen molar-refractivity contribution in [3.05, 3.63) is 94.4 Å². The second kappa shape index (κ2) is 10.3. The summed E-state index contributed by atoms with van der Waals surface area (Å²) >= 11 is 1.29. The first-order valence-electron chi connectivity index (χ1n) is 10.4. The minimum atomic E-state index is -0.996. The van der Waals surface area contributed by atoms with Crippen LogP contribution in [0.2, 0.25) is 0 Å². The molecule has 0 aliphatic carbocycles. The Labute approximate surface area is 201 Å². The van der Waals surface area contributed by atoms with E-state index in [4.69, 9.17) is 19.6 Å². The number of benzene rings is 3. The van der Waals surface area contributed by atoms with E-state index in [2.05, 4.69) is 0 Å². The second-order valence-electron chi connectivity index (χ2n) is 7.37. The number of rotatable bonds is 7. The maximum absolute atomic E-state index is 13.4. The van der Waals surface area contributed by atoms with Gasteiger partial charge in [0.15, 0.2) is 5.17 Å². The quantitative estimate of drug-likeness (QED) is 0.473. The third-order valence-corrected chi connectivity index (χ3v) is 6.13. The molecular weight excluding hydrogens is 452 g/mol. The smallest absolute Gasteiger partial charge is 0.335 e. The first-order chi connectivity index (χ1) is 16.5. The highest BCUT2D eigenvalue weighted by molar-refractivity contribution is 8.18. The standard InChI is InChI=1S/C26H22N2O5S/c1-32-21-12-10-20(11-13-21)27-26-28(16-17-6-8-19(9-7-17)25(30)31)24(29)23(34-26)15-18-4-3-5-22(14-18)33-2/h3-15H,16H2,1-2H3,(H,30,31)/b23-15-,27-26?. The molecule has 1 aliphatic rings. The normalized spacial score (nSPS) is 15.7. The number of carboxylic acid groups (broad SMARTS) is 1. The van der Waals surface area contributed by atoms with Crippen molar-refractivity contribution in [3.8, 4) is 11.5 Å². The predicted molar refractivity (Wildman–Crippen MR) is 133 cm³/mol. The summed E-state index contributed by atoms with van der Waals surface area (Å²) in [5.74, 6) is 0.243. The van der Waals surface area contributed by atoms with Gasteiger partial charge in [-0.2, -0.15) is 0 Å². The molecule has 0 aromatic heterocycles. The molecule has 3 aromatic rings. The molecule has 172 valence electrons. The number of amidine groups is 1. The van der Waals surface area contributed by atoms with Crippen molar-refractivity contribution in [2.45, 2.75) is 6.54 Å². The van der Waals surface area contributed by atoms with E-state index in [0.717, 1.165) is 11.1 Å². The lowest BCUT2D eigenvalue weighted by Gasteiger charge is -2.16. The highest BCUT2D eigenvalue weighted by atomic mass is 32.2. The highest BCUT2D eigenvalue weighted by Crippen LogP contribution is 2.35. The molecule has 1 fully saturated rings. The van der Waals surface area contributed by atoms with E-state index in [-0.39, 0.29) is 18.0 Å². The van der Waals surface area contributed by atoms with Gasteiger partial charge in [-0.1, -0.05) is 24.3 Å². The molecule has 0 atom stereocenters. The van der Waals surface area contributed by atoms with Crippen LogP contribution in [0, 0.1) is 0 Å². The minimum absolute atomic E-state index is 0.178. The van der Waals surface area contributed by atoms with Crippen LogP contribution in [0.4, 0.5) is 5.69 Å². The number of hydrogen-bond acceptors (Lipinski definition) is 6. The Bertz CT molecular complexity index is 1270. The van der Waals surface area contributed by atoms with E-state index in [1.165, 1.54) is 23.9 Å². The number of hydrogen-bond donors (Lipinski definition) is 1. The second-order valence-corrected chi connectivity index (χ2v) is 8.38. The largest absolute Gasteiger partial charge is 0.497 e. The average Bonchev–Trinajstić information content (AvgIpc) is 3.13. The van der Waals surface area contributed by atoms with Gasteiger partial charge in [0, 0.05) is 0 Å². The molecule has 3 aromatic carbocycles. The van der Waals surface area contributed by atoms with Crippen LogP contribution in [0.5, 0.6) is 11.5 Å². The molecule has 0 bridgehead atoms. The molecule has 1 saturated heterocycles. The number of carbonyl (C=O) groups excluding carboxylic acids is 1. The molecule has 0 spiro atoms. The van der Waals surface area contributed by atoms with Gasteiger partial charge in [-0.05, 0) is 77.5 Å². The summed E-state index contributed by atoms with van der Waals surface area (Å²) in [5.41, 5.74) is 2.51. The molecular formula is C26H22N2O5S. The Morgan fingerprint density at radius 2 is 1.71 bits per heavy atom. The number of carboxylic acids is 1. The summed E-state index contributed by atoms with van der Waals surface area (Å²) in [4.78, 5) is 31.3. The lowest BCUT2D eigenvalue weighted by Crippen LogP contribution is -2.28. The summed E-state index contributed by atoms with van der Waals surface area (Å²) in [7, 11) is 3.19. The predicted octanol–water partition coefficient (Wildman–Crippen LogP) is 5.21. The number of thioether (sulfide) groups is 1. The van der Waals surface area contributed by atoms with E-state index >= 15 is 0 Å². The number of ether oxygens (including phenoxy) is 2. The Kier molecular flexibility index (Phi) is 6.98. The van der Waals surface area contributed by atoms with Gasteiger partial charge >= 0.3 is 5.97 Å². The SMILES string of the molecule is COc1ccc(N=C2S/C(=C\c3cccc(OC)c3)C(=O)N2Cc2ccc(C(=O)O)cc2)cc1. The molecule has 1 aliphatic heterocycles. The lowest BCUT2D eigenvalue weighted by molar-refractivity contribution is -0.122. The zero-order valence-electron chi connectivity index (χ0n) is 18.6. The van der Waals surface area contributed by atoms with Crippen LogP contribution in [-0.4, -0.2) is 41.3 Å². The van der Waals surface area contributed by atoms with Crippen molar-refractivity contribution in [3.63, 3.8) is 0 Å². The van der Waals surface area contributed by atoms with Crippen LogP contribution in [0.15, 0.2) is 82.7 Å². The van der Waals surface area contributed by atoms with Gasteiger partial charge < -0.3 is 14.6 Å². The lowest BCUT2D eigenvalue weighted by atomic mass is 10.1. The van der Waals surface area contributed by atoms with E-state index in [1.807, 2.05) is 54.6 Å². The fourth-order valence-corrected chi connectivity index (χ4v) is 4.31. The number of methoxy groups -OCH3 is 2. The fraction of sp³-hybridized carbons (Fsp3) is 0.115. The molecule has 0 unspecified atom stereocenters. The van der Waals surface area contributed by atoms with Crippen LogP contribution in [0.3, 0.4) is 0 Å². The number of amides is 1. The maximum atomic E-state index is 13.4. The Hall–Kier alpha value is -4.04. The van der Waals surface area contributed by atoms with Gasteiger partial charge in [0.1, 0.15) is 11.5 Å². The third-order valence-electron chi connectivity index (χ3n) is 5.12. The molecule has 8 heteroatoms. The van der Waals surface area contributed by atoms with Gasteiger partial charge in [0.25, 0.3) is 5.91 Å². The van der Waals surface area contributed by atoms with Crippen LogP contribution in [-0.2, 0) is 11.3 Å². The maximum Gasteiger partial charge on any atom is 0.335 e. The highest BCUT2D eigenvalue weighted by Gasteiger charge is 2.33. The van der Waals surface area contributed by atoms with Crippen LogP contribution in [0.25, 0.3) is 6.08 Å². The number of nitrogens with zero attached hydrogens (tertiary/aromatic N) is 2. The Morgan fingerprint density at radius 3 is 2.35 bits per heavy atom. The molecule has 34 heavy (non-hydrogen) atoms. The summed E-state index contributed by atoms with van der Waals surface area (Å²) in [6.07, 6.45) is 1.81. The van der Waals surface area contributed by atoms with Crippen LogP contribution >= 0.6 is 11.8 Å². The molecule has 1 N–H and O–H groups in total. The summed E-state index contributed by atoms with van der Waals surface area (Å²) in [6.45, 7) is 0.260. The van der Waals surface area contributed by atoms with Crippen LogP contribution < -0.4 is 9.47 Å². The zero-order valence-corrected chi connectivity index (χ0v) is 19.4. The Balaban J connectivity index is 1.67. The van der Waals surface area contributed by atoms with E-state index in [1.54, 1.807) is 31.3 Å². The molecule has 0 saturated carbocycles. The fourth-order valence-electron chi connectivity index (χ4n) is 3.32. The van der Waals surface area contributed by atoms with Gasteiger partial charge in [-0.15, -0.1) is 0 Å². The van der Waals surface area contributed by atoms with Gasteiger partial charge in [-0.25, -0.2) is 9.79 Å². The van der Waals surface area contributed by atoms with E-state index in [9.17, 15) is 9.59 Å². The van der Waals surface area contributed by atoms with Crippen molar-refractivity contribution >= 4 is 40.6 Å². The molecule has 1 amide bonds. The topological polar surface area (TPSA) is 88.4 Å². The molecule has 7 nitrogen and oxygen atoms in total. The third kappa shape index (κ3) is 5.29. The van der Waals surface area contributed by atoms with E-state index in [0.29, 0.717) is 27.3 Å². The van der Waals surface area contributed by atoms with E-state index < -0.39 is 5.97 Å². The molecule has 4 rings (SSSR count). The molecule has 0 radical (unpaired) electrons. The number of aromatic carboxylic acids is 1. The minimum Gasteiger partial charge on any atom is -0.497 e. The number of carbonyl (C=O) groups is 2. The Morgan fingerprint density at radius 1 is 1.00 bits per heavy atom.